The molecule has 0 radical (unpaired) electrons. The first-order chi connectivity index (χ1) is 11.4. The van der Waals surface area contributed by atoms with E-state index in [4.69, 9.17) is 4.74 Å². The van der Waals surface area contributed by atoms with Crippen LogP contribution in [0, 0.1) is 6.92 Å². The molecule has 0 fully saturated rings. The first kappa shape index (κ1) is 16.5. The van der Waals surface area contributed by atoms with Crippen LogP contribution < -0.4 is 9.64 Å². The van der Waals surface area contributed by atoms with Gasteiger partial charge in [0.25, 0.3) is 5.91 Å². The second kappa shape index (κ2) is 6.28. The minimum atomic E-state index is -3.35. The molecule has 0 aromatic heterocycles. The summed E-state index contributed by atoms with van der Waals surface area (Å²) in [6.07, 6.45) is 0. The van der Waals surface area contributed by atoms with Gasteiger partial charge in [0.1, 0.15) is 5.75 Å². The molecule has 1 heterocycles. The number of benzene rings is 2. The topological polar surface area (TPSA) is 63.7 Å². The number of ether oxygens (including phenoxy) is 1. The summed E-state index contributed by atoms with van der Waals surface area (Å²) in [6, 6.07) is 12.6. The van der Waals surface area contributed by atoms with Gasteiger partial charge in [-0.2, -0.15) is 0 Å². The van der Waals surface area contributed by atoms with E-state index in [1.54, 1.807) is 17.9 Å². The van der Waals surface area contributed by atoms with Crippen molar-refractivity contribution in [2.45, 2.75) is 25.3 Å². The van der Waals surface area contributed by atoms with Crippen molar-refractivity contribution < 1.29 is 17.9 Å². The summed E-state index contributed by atoms with van der Waals surface area (Å²) in [5, 5.41) is 0. The molecule has 0 spiro atoms. The molecule has 0 bridgehead atoms. The Balaban J connectivity index is 2.03. The van der Waals surface area contributed by atoms with Crippen molar-refractivity contribution in [1.82, 2.24) is 0 Å². The highest BCUT2D eigenvalue weighted by Crippen LogP contribution is 2.35. The molecule has 0 saturated heterocycles. The highest BCUT2D eigenvalue weighted by molar-refractivity contribution is 7.91. The van der Waals surface area contributed by atoms with Crippen LogP contribution in [0.15, 0.2) is 47.4 Å². The van der Waals surface area contributed by atoms with Crippen LogP contribution in [0.3, 0.4) is 0 Å². The van der Waals surface area contributed by atoms with Crippen LogP contribution in [0.25, 0.3) is 0 Å². The lowest BCUT2D eigenvalue weighted by Gasteiger charge is -2.30. The van der Waals surface area contributed by atoms with Crippen LogP contribution in [-0.2, 0) is 21.2 Å². The van der Waals surface area contributed by atoms with E-state index in [2.05, 4.69) is 0 Å². The molecule has 1 amide bonds. The molecule has 2 aromatic carbocycles. The van der Waals surface area contributed by atoms with Gasteiger partial charge in [0.2, 0.25) is 0 Å². The van der Waals surface area contributed by atoms with Crippen molar-refractivity contribution in [2.75, 3.05) is 17.3 Å². The van der Waals surface area contributed by atoms with Crippen LogP contribution >= 0.6 is 0 Å². The van der Waals surface area contributed by atoms with E-state index in [9.17, 15) is 13.2 Å². The molecule has 5 nitrogen and oxygen atoms in total. The van der Waals surface area contributed by atoms with Crippen LogP contribution in [0.2, 0.25) is 0 Å². The number of amides is 1. The van der Waals surface area contributed by atoms with Gasteiger partial charge in [-0.3, -0.25) is 4.79 Å². The molecule has 0 aliphatic carbocycles. The average molecular weight is 345 g/mol. The number of aryl methyl sites for hydroxylation is 1. The van der Waals surface area contributed by atoms with Crippen molar-refractivity contribution in [1.29, 1.82) is 0 Å². The molecule has 0 atom stereocenters. The number of carbonyl (C=O) groups is 1. The van der Waals surface area contributed by atoms with E-state index in [-0.39, 0.29) is 23.2 Å². The first-order valence-electron chi connectivity index (χ1n) is 7.76. The third kappa shape index (κ3) is 3.14. The Kier molecular flexibility index (Phi) is 4.32. The fourth-order valence-corrected chi connectivity index (χ4v) is 3.61. The van der Waals surface area contributed by atoms with E-state index < -0.39 is 9.84 Å². The normalized spacial score (nSPS) is 14.2. The van der Waals surface area contributed by atoms with Gasteiger partial charge >= 0.3 is 0 Å². The highest BCUT2D eigenvalue weighted by atomic mass is 32.2. The van der Waals surface area contributed by atoms with Crippen molar-refractivity contribution in [3.05, 3.63) is 53.6 Å². The Morgan fingerprint density at radius 3 is 2.67 bits per heavy atom. The third-order valence-corrected chi connectivity index (χ3v) is 5.77. The number of nitrogens with zero attached hydrogens (tertiary/aromatic N) is 1. The summed E-state index contributed by atoms with van der Waals surface area (Å²) < 4.78 is 29.7. The molecular formula is C18H19NO4S. The Labute approximate surface area is 141 Å². The second-order valence-electron chi connectivity index (χ2n) is 5.79. The minimum absolute atomic E-state index is 0.0124. The number of anilines is 1. The van der Waals surface area contributed by atoms with E-state index in [1.807, 2.05) is 31.2 Å². The molecule has 3 rings (SSSR count). The SMILES string of the molecule is CCS(=O)(=O)c1ccc2c(c1)N(Cc1cccc(C)c1)C(=O)CO2. The first-order valence-corrected chi connectivity index (χ1v) is 9.41. The number of carbonyl (C=O) groups excluding carboxylic acids is 1. The van der Waals surface area contributed by atoms with Gasteiger partial charge < -0.3 is 9.64 Å². The van der Waals surface area contributed by atoms with Gasteiger partial charge in [0, 0.05) is 0 Å². The van der Waals surface area contributed by atoms with Crippen LogP contribution in [0.1, 0.15) is 18.1 Å². The summed E-state index contributed by atoms with van der Waals surface area (Å²) >= 11 is 0. The monoisotopic (exact) mass is 345 g/mol. The molecule has 0 N–H and O–H groups in total. The van der Waals surface area contributed by atoms with E-state index >= 15 is 0 Å². The minimum Gasteiger partial charge on any atom is -0.482 e. The number of rotatable bonds is 4. The quantitative estimate of drug-likeness (QED) is 0.855. The van der Waals surface area contributed by atoms with Gasteiger partial charge in [-0.1, -0.05) is 36.8 Å². The summed E-state index contributed by atoms with van der Waals surface area (Å²) in [6.45, 7) is 3.93. The zero-order chi connectivity index (χ0) is 17.3. The Bertz CT molecular complexity index is 890. The predicted molar refractivity (Wildman–Crippen MR) is 92.0 cm³/mol. The zero-order valence-corrected chi connectivity index (χ0v) is 14.5. The van der Waals surface area contributed by atoms with E-state index in [0.29, 0.717) is 18.0 Å². The summed E-state index contributed by atoms with van der Waals surface area (Å²) in [5.74, 6) is 0.353. The number of hydrogen-bond donors (Lipinski definition) is 0. The Morgan fingerprint density at radius 2 is 1.96 bits per heavy atom. The largest absolute Gasteiger partial charge is 0.482 e. The molecule has 0 unspecified atom stereocenters. The smallest absolute Gasteiger partial charge is 0.265 e. The number of sulfone groups is 1. The van der Waals surface area contributed by atoms with Gasteiger partial charge in [-0.15, -0.1) is 0 Å². The molecule has 1 aliphatic rings. The van der Waals surface area contributed by atoms with Crippen molar-refractivity contribution in [3.8, 4) is 5.75 Å². The van der Waals surface area contributed by atoms with E-state index in [1.165, 1.54) is 12.1 Å². The number of fused-ring (bicyclic) bond motifs is 1. The maximum atomic E-state index is 12.3. The average Bonchev–Trinajstić information content (AvgIpc) is 2.57. The van der Waals surface area contributed by atoms with Gasteiger partial charge in [-0.25, -0.2) is 8.42 Å². The van der Waals surface area contributed by atoms with Crippen molar-refractivity contribution in [3.63, 3.8) is 0 Å². The van der Waals surface area contributed by atoms with Gasteiger partial charge in [0.15, 0.2) is 16.4 Å². The van der Waals surface area contributed by atoms with Crippen molar-refractivity contribution >= 4 is 21.4 Å². The molecule has 126 valence electrons. The zero-order valence-electron chi connectivity index (χ0n) is 13.7. The molecular weight excluding hydrogens is 326 g/mol. The van der Waals surface area contributed by atoms with Crippen LogP contribution in [-0.4, -0.2) is 26.7 Å². The fraction of sp³-hybridized carbons (Fsp3) is 0.278. The molecule has 6 heteroatoms. The summed E-state index contributed by atoms with van der Waals surface area (Å²) in [4.78, 5) is 14.1. The highest BCUT2D eigenvalue weighted by Gasteiger charge is 2.27. The molecule has 2 aromatic rings. The maximum absolute atomic E-state index is 12.3. The van der Waals surface area contributed by atoms with Gasteiger partial charge in [-0.05, 0) is 30.7 Å². The fourth-order valence-electron chi connectivity index (χ4n) is 2.71. The molecule has 0 saturated carbocycles. The standard InChI is InChI=1S/C18H19NO4S/c1-3-24(21,22)15-7-8-17-16(10-15)19(18(20)12-23-17)11-14-6-4-5-13(2)9-14/h4-10H,3,11-12H2,1-2H3. The van der Waals surface area contributed by atoms with Crippen LogP contribution in [0.5, 0.6) is 5.75 Å². The lowest BCUT2D eigenvalue weighted by molar-refractivity contribution is -0.121. The van der Waals surface area contributed by atoms with Crippen LogP contribution in [0.4, 0.5) is 5.69 Å². The lowest BCUT2D eigenvalue weighted by atomic mass is 10.1. The second-order valence-corrected chi connectivity index (χ2v) is 8.07. The molecule has 24 heavy (non-hydrogen) atoms. The third-order valence-electron chi connectivity index (χ3n) is 4.04. The maximum Gasteiger partial charge on any atom is 0.265 e. The Hall–Kier alpha value is -2.34. The molecule has 1 aliphatic heterocycles. The van der Waals surface area contributed by atoms with Gasteiger partial charge in [0.05, 0.1) is 22.9 Å². The predicted octanol–water partition coefficient (Wildman–Crippen LogP) is 2.71. The number of hydrogen-bond acceptors (Lipinski definition) is 4. The lowest BCUT2D eigenvalue weighted by Crippen LogP contribution is -2.38. The van der Waals surface area contributed by atoms with E-state index in [0.717, 1.165) is 11.1 Å². The Morgan fingerprint density at radius 1 is 1.17 bits per heavy atom. The summed E-state index contributed by atoms with van der Waals surface area (Å²) in [5.41, 5.74) is 2.60. The summed E-state index contributed by atoms with van der Waals surface area (Å²) in [7, 11) is -3.35. The van der Waals surface area contributed by atoms with Crippen molar-refractivity contribution in [2.24, 2.45) is 0 Å².